The molecular formula is C13H23N3O. The quantitative estimate of drug-likeness (QED) is 0.848. The minimum atomic E-state index is 0.785. The van der Waals surface area contributed by atoms with Crippen molar-refractivity contribution in [2.75, 3.05) is 26.2 Å². The highest BCUT2D eigenvalue weighted by atomic mass is 16.5. The highest BCUT2D eigenvalue weighted by molar-refractivity contribution is 5.02. The number of piperidine rings is 1. The molecule has 1 aliphatic heterocycles. The Bertz CT molecular complexity index is 331. The van der Waals surface area contributed by atoms with Crippen LogP contribution >= 0.6 is 0 Å². The zero-order valence-corrected chi connectivity index (χ0v) is 10.9. The van der Waals surface area contributed by atoms with E-state index in [2.05, 4.69) is 22.3 Å². The zero-order chi connectivity index (χ0) is 12.1. The summed E-state index contributed by atoms with van der Waals surface area (Å²) in [6.07, 6.45) is 2.66. The lowest BCUT2D eigenvalue weighted by Crippen LogP contribution is -2.38. The minimum absolute atomic E-state index is 0.785. The van der Waals surface area contributed by atoms with Crippen molar-refractivity contribution >= 4 is 0 Å². The summed E-state index contributed by atoms with van der Waals surface area (Å²) >= 11 is 0. The molecule has 2 heterocycles. The highest BCUT2D eigenvalue weighted by Crippen LogP contribution is 2.14. The molecule has 1 saturated heterocycles. The van der Waals surface area contributed by atoms with E-state index in [0.717, 1.165) is 43.6 Å². The topological polar surface area (TPSA) is 41.3 Å². The van der Waals surface area contributed by atoms with Gasteiger partial charge in [-0.3, -0.25) is 4.90 Å². The molecule has 0 aliphatic carbocycles. The third-order valence-corrected chi connectivity index (χ3v) is 3.42. The van der Waals surface area contributed by atoms with Crippen LogP contribution in [0, 0.1) is 12.8 Å². The molecule has 1 unspecified atom stereocenters. The Morgan fingerprint density at radius 3 is 3.06 bits per heavy atom. The second kappa shape index (κ2) is 6.17. The first-order valence-electron chi connectivity index (χ1n) is 6.63. The van der Waals surface area contributed by atoms with Crippen LogP contribution in [0.2, 0.25) is 0 Å². The Hall–Kier alpha value is -0.870. The van der Waals surface area contributed by atoms with Gasteiger partial charge in [-0.15, -0.1) is 0 Å². The molecule has 1 aliphatic rings. The summed E-state index contributed by atoms with van der Waals surface area (Å²) in [6, 6.07) is 2.03. The second-order valence-electron chi connectivity index (χ2n) is 4.97. The monoisotopic (exact) mass is 237 g/mol. The summed E-state index contributed by atoms with van der Waals surface area (Å²) in [5.41, 5.74) is 0.968. The molecule has 4 nitrogen and oxygen atoms in total. The van der Waals surface area contributed by atoms with Gasteiger partial charge in [0.1, 0.15) is 0 Å². The predicted molar refractivity (Wildman–Crippen MR) is 67.8 cm³/mol. The fourth-order valence-electron chi connectivity index (χ4n) is 2.46. The molecule has 17 heavy (non-hydrogen) atoms. The van der Waals surface area contributed by atoms with Crippen molar-refractivity contribution in [1.82, 2.24) is 15.4 Å². The molecule has 0 spiro atoms. The molecular weight excluding hydrogens is 214 g/mol. The van der Waals surface area contributed by atoms with E-state index in [1.165, 1.54) is 19.4 Å². The van der Waals surface area contributed by atoms with Crippen molar-refractivity contribution in [2.45, 2.75) is 33.2 Å². The van der Waals surface area contributed by atoms with Gasteiger partial charge in [0.25, 0.3) is 0 Å². The van der Waals surface area contributed by atoms with Crippen molar-refractivity contribution in [3.05, 3.63) is 17.5 Å². The van der Waals surface area contributed by atoms with E-state index < -0.39 is 0 Å². The number of nitrogens with zero attached hydrogens (tertiary/aromatic N) is 2. The molecule has 1 N–H and O–H groups in total. The van der Waals surface area contributed by atoms with Gasteiger partial charge in [-0.05, 0) is 45.3 Å². The SMILES string of the molecule is CCN(Cc1cc(C)no1)CC1CCCNC1. The van der Waals surface area contributed by atoms with Crippen LogP contribution in [-0.4, -0.2) is 36.2 Å². The van der Waals surface area contributed by atoms with Crippen LogP contribution < -0.4 is 5.32 Å². The Labute approximate surface area is 103 Å². The van der Waals surface area contributed by atoms with Crippen molar-refractivity contribution in [3.8, 4) is 0 Å². The molecule has 0 bridgehead atoms. The van der Waals surface area contributed by atoms with Gasteiger partial charge in [-0.2, -0.15) is 0 Å². The van der Waals surface area contributed by atoms with E-state index in [-0.39, 0.29) is 0 Å². The number of hydrogen-bond acceptors (Lipinski definition) is 4. The largest absolute Gasteiger partial charge is 0.360 e. The van der Waals surface area contributed by atoms with E-state index in [4.69, 9.17) is 4.52 Å². The Morgan fingerprint density at radius 2 is 2.47 bits per heavy atom. The van der Waals surface area contributed by atoms with Crippen molar-refractivity contribution in [2.24, 2.45) is 5.92 Å². The van der Waals surface area contributed by atoms with Gasteiger partial charge in [-0.1, -0.05) is 12.1 Å². The third-order valence-electron chi connectivity index (χ3n) is 3.42. The van der Waals surface area contributed by atoms with Crippen LogP contribution in [-0.2, 0) is 6.54 Å². The van der Waals surface area contributed by atoms with Gasteiger partial charge in [-0.25, -0.2) is 0 Å². The fraction of sp³-hybridized carbons (Fsp3) is 0.769. The zero-order valence-electron chi connectivity index (χ0n) is 10.9. The van der Waals surface area contributed by atoms with Gasteiger partial charge < -0.3 is 9.84 Å². The van der Waals surface area contributed by atoms with Crippen molar-refractivity contribution in [3.63, 3.8) is 0 Å². The van der Waals surface area contributed by atoms with E-state index >= 15 is 0 Å². The average Bonchev–Trinajstić information content (AvgIpc) is 2.75. The van der Waals surface area contributed by atoms with E-state index in [9.17, 15) is 0 Å². The van der Waals surface area contributed by atoms with Gasteiger partial charge in [0, 0.05) is 12.6 Å². The number of aryl methyl sites for hydroxylation is 1. The van der Waals surface area contributed by atoms with E-state index in [1.54, 1.807) is 0 Å². The second-order valence-corrected chi connectivity index (χ2v) is 4.97. The molecule has 2 rings (SSSR count). The number of rotatable bonds is 5. The Kier molecular flexibility index (Phi) is 4.57. The lowest BCUT2D eigenvalue weighted by Gasteiger charge is -2.28. The molecule has 1 aromatic heterocycles. The first kappa shape index (κ1) is 12.6. The van der Waals surface area contributed by atoms with Crippen LogP contribution in [0.5, 0.6) is 0 Å². The summed E-state index contributed by atoms with van der Waals surface area (Å²) in [5.74, 6) is 1.76. The standard InChI is InChI=1S/C13H23N3O/c1-3-16(9-12-5-4-6-14-8-12)10-13-7-11(2)15-17-13/h7,12,14H,3-6,8-10H2,1-2H3. The molecule has 1 fully saturated rings. The first-order chi connectivity index (χ1) is 8.28. The summed E-state index contributed by atoms with van der Waals surface area (Å²) in [7, 11) is 0. The average molecular weight is 237 g/mol. The molecule has 96 valence electrons. The summed E-state index contributed by atoms with van der Waals surface area (Å²) in [6.45, 7) is 9.62. The van der Waals surface area contributed by atoms with Gasteiger partial charge in [0.05, 0.1) is 12.2 Å². The van der Waals surface area contributed by atoms with Gasteiger partial charge >= 0.3 is 0 Å². The molecule has 0 saturated carbocycles. The smallest absolute Gasteiger partial charge is 0.150 e. The molecule has 0 radical (unpaired) electrons. The molecule has 0 amide bonds. The maximum absolute atomic E-state index is 5.28. The summed E-state index contributed by atoms with van der Waals surface area (Å²) < 4.78 is 5.28. The van der Waals surface area contributed by atoms with Crippen LogP contribution in [0.3, 0.4) is 0 Å². The van der Waals surface area contributed by atoms with Crippen LogP contribution in [0.25, 0.3) is 0 Å². The fourth-order valence-corrected chi connectivity index (χ4v) is 2.46. The van der Waals surface area contributed by atoms with Crippen LogP contribution in [0.15, 0.2) is 10.6 Å². The number of aromatic nitrogens is 1. The maximum atomic E-state index is 5.28. The molecule has 4 heteroatoms. The highest BCUT2D eigenvalue weighted by Gasteiger charge is 2.17. The Balaban J connectivity index is 1.83. The van der Waals surface area contributed by atoms with Gasteiger partial charge in [0.2, 0.25) is 0 Å². The summed E-state index contributed by atoms with van der Waals surface area (Å²) in [4.78, 5) is 2.44. The Morgan fingerprint density at radius 1 is 1.59 bits per heavy atom. The summed E-state index contributed by atoms with van der Waals surface area (Å²) in [5, 5.41) is 7.41. The van der Waals surface area contributed by atoms with Crippen molar-refractivity contribution in [1.29, 1.82) is 0 Å². The van der Waals surface area contributed by atoms with Crippen molar-refractivity contribution < 1.29 is 4.52 Å². The van der Waals surface area contributed by atoms with Crippen LogP contribution in [0.1, 0.15) is 31.2 Å². The lowest BCUT2D eigenvalue weighted by molar-refractivity contribution is 0.190. The number of hydrogen-bond donors (Lipinski definition) is 1. The normalized spacial score (nSPS) is 21.0. The van der Waals surface area contributed by atoms with Gasteiger partial charge in [0.15, 0.2) is 5.76 Å². The minimum Gasteiger partial charge on any atom is -0.360 e. The molecule has 1 aromatic rings. The molecule has 1 atom stereocenters. The first-order valence-corrected chi connectivity index (χ1v) is 6.63. The molecule has 0 aromatic carbocycles. The van der Waals surface area contributed by atoms with E-state index in [0.29, 0.717) is 0 Å². The lowest BCUT2D eigenvalue weighted by atomic mass is 9.99. The maximum Gasteiger partial charge on any atom is 0.150 e. The predicted octanol–water partition coefficient (Wildman–Crippen LogP) is 1.80. The third kappa shape index (κ3) is 3.82. The number of nitrogens with one attached hydrogen (secondary N) is 1. The van der Waals surface area contributed by atoms with E-state index in [1.807, 2.05) is 13.0 Å². The van der Waals surface area contributed by atoms with Crippen LogP contribution in [0.4, 0.5) is 0 Å².